The van der Waals surface area contributed by atoms with Gasteiger partial charge in [-0.05, 0) is 60.7 Å². The molecule has 192 valence electrons. The van der Waals surface area contributed by atoms with Crippen molar-refractivity contribution in [3.8, 4) is 0 Å². The molecule has 0 atom stereocenters. The summed E-state index contributed by atoms with van der Waals surface area (Å²) in [7, 11) is 0. The minimum absolute atomic E-state index is 0.172. The van der Waals surface area contributed by atoms with Gasteiger partial charge in [0, 0.05) is 45.5 Å². The van der Waals surface area contributed by atoms with Gasteiger partial charge in [-0.2, -0.15) is 0 Å². The molecule has 5 aromatic carbocycles. The van der Waals surface area contributed by atoms with Crippen LogP contribution < -0.4 is 10.3 Å². The quantitative estimate of drug-likeness (QED) is 0.134. The predicted molar refractivity (Wildman–Crippen MR) is 159 cm³/mol. The maximum atomic E-state index is 13.4. The number of ether oxygens (including phenoxy) is 1. The Kier molecular flexibility index (Phi) is 5.42. The van der Waals surface area contributed by atoms with E-state index in [0.29, 0.717) is 45.1 Å². The van der Waals surface area contributed by atoms with Crippen molar-refractivity contribution in [2.45, 2.75) is 0 Å². The Morgan fingerprint density at radius 1 is 0.625 bits per heavy atom. The van der Waals surface area contributed by atoms with Gasteiger partial charge >= 0.3 is 0 Å². The Hall–Kier alpha value is -5.69. The SMILES string of the molecule is N=COC(=N)c1ccc2c(=O)c3cc4c(cc3oc2c1)oc1cc(N(c2ccccc2)c2ccccc2)ccc14. The summed E-state index contributed by atoms with van der Waals surface area (Å²) in [5, 5.41) is 17.6. The zero-order valence-electron chi connectivity index (χ0n) is 21.0. The van der Waals surface area contributed by atoms with Crippen LogP contribution in [0.3, 0.4) is 0 Å². The van der Waals surface area contributed by atoms with Crippen LogP contribution in [0.1, 0.15) is 5.56 Å². The molecule has 2 aromatic heterocycles. The third-order valence-electron chi connectivity index (χ3n) is 6.97. The van der Waals surface area contributed by atoms with Gasteiger partial charge in [-0.1, -0.05) is 36.4 Å². The second-order valence-corrected chi connectivity index (χ2v) is 9.34. The van der Waals surface area contributed by atoms with Crippen molar-refractivity contribution in [2.75, 3.05) is 4.90 Å². The van der Waals surface area contributed by atoms with Crippen LogP contribution in [0.2, 0.25) is 0 Å². The van der Waals surface area contributed by atoms with Gasteiger partial charge in [0.1, 0.15) is 22.3 Å². The molecule has 7 rings (SSSR count). The fraction of sp³-hybridized carbons (Fsp3) is 0. The normalized spacial score (nSPS) is 11.3. The molecule has 0 unspecified atom stereocenters. The fourth-order valence-corrected chi connectivity index (χ4v) is 5.12. The Balaban J connectivity index is 1.40. The average Bonchev–Trinajstić information content (AvgIpc) is 3.34. The minimum Gasteiger partial charge on any atom is -0.456 e. The molecule has 0 spiro atoms. The molecule has 7 nitrogen and oxygen atoms in total. The second kappa shape index (κ2) is 9.25. The van der Waals surface area contributed by atoms with E-state index in [0.717, 1.165) is 27.8 Å². The van der Waals surface area contributed by atoms with Crippen LogP contribution in [0.25, 0.3) is 43.9 Å². The number of benzene rings is 5. The third kappa shape index (κ3) is 3.80. The lowest BCUT2D eigenvalue weighted by molar-refractivity contribution is 0.561. The van der Waals surface area contributed by atoms with E-state index >= 15 is 0 Å². The van der Waals surface area contributed by atoms with E-state index < -0.39 is 0 Å². The highest BCUT2D eigenvalue weighted by Gasteiger charge is 2.17. The first-order valence-corrected chi connectivity index (χ1v) is 12.6. The lowest BCUT2D eigenvalue weighted by Crippen LogP contribution is -2.09. The van der Waals surface area contributed by atoms with E-state index in [-0.39, 0.29) is 11.3 Å². The van der Waals surface area contributed by atoms with Crippen molar-refractivity contribution in [3.63, 3.8) is 0 Å². The Morgan fingerprint density at radius 2 is 1.23 bits per heavy atom. The van der Waals surface area contributed by atoms with Crippen LogP contribution in [0.4, 0.5) is 17.1 Å². The highest BCUT2D eigenvalue weighted by Crippen LogP contribution is 2.39. The van der Waals surface area contributed by atoms with Crippen LogP contribution in [0, 0.1) is 10.8 Å². The molecule has 7 aromatic rings. The van der Waals surface area contributed by atoms with E-state index in [1.165, 1.54) is 0 Å². The zero-order valence-corrected chi connectivity index (χ0v) is 21.0. The van der Waals surface area contributed by atoms with Gasteiger partial charge in [0.2, 0.25) is 11.3 Å². The Labute approximate surface area is 227 Å². The van der Waals surface area contributed by atoms with Crippen molar-refractivity contribution in [2.24, 2.45) is 0 Å². The second-order valence-electron chi connectivity index (χ2n) is 9.34. The van der Waals surface area contributed by atoms with Crippen molar-refractivity contribution >= 4 is 73.2 Å². The summed E-state index contributed by atoms with van der Waals surface area (Å²) in [5.41, 5.74) is 5.22. The van der Waals surface area contributed by atoms with Gasteiger partial charge in [0.05, 0.1) is 10.8 Å². The monoisotopic (exact) mass is 523 g/mol. The Morgan fingerprint density at radius 3 is 1.90 bits per heavy atom. The molecule has 0 bridgehead atoms. The van der Waals surface area contributed by atoms with E-state index in [1.54, 1.807) is 24.3 Å². The van der Waals surface area contributed by atoms with Crippen molar-refractivity contribution in [3.05, 3.63) is 125 Å². The van der Waals surface area contributed by atoms with Gasteiger partial charge in [-0.15, -0.1) is 0 Å². The van der Waals surface area contributed by atoms with Crippen molar-refractivity contribution in [1.29, 1.82) is 10.8 Å². The first kappa shape index (κ1) is 23.4. The standard InChI is InChI=1S/C33H21N3O4/c34-19-38-33(35)20-11-13-25-28(15-20)39-31-18-30-26(17-27(31)32(25)37)24-14-12-23(16-29(24)40-30)36(21-7-3-1-4-8-21)22-9-5-2-6-10-22/h1-19,34-35H. The summed E-state index contributed by atoms with van der Waals surface area (Å²) in [6.45, 7) is 0. The molecule has 0 amide bonds. The van der Waals surface area contributed by atoms with Crippen LogP contribution in [0.5, 0.6) is 0 Å². The maximum absolute atomic E-state index is 13.4. The van der Waals surface area contributed by atoms with Crippen LogP contribution in [-0.4, -0.2) is 12.3 Å². The molecule has 0 radical (unpaired) electrons. The summed E-state index contributed by atoms with van der Waals surface area (Å²) in [5.74, 6) is -0.205. The summed E-state index contributed by atoms with van der Waals surface area (Å²) in [4.78, 5) is 15.6. The number of para-hydroxylation sites is 2. The molecule has 0 fully saturated rings. The van der Waals surface area contributed by atoms with Crippen LogP contribution >= 0.6 is 0 Å². The number of anilines is 3. The number of nitrogens with one attached hydrogen (secondary N) is 2. The van der Waals surface area contributed by atoms with Gasteiger partial charge in [0.15, 0.2) is 6.40 Å². The molecule has 2 heterocycles. The lowest BCUT2D eigenvalue weighted by atomic mass is 10.1. The van der Waals surface area contributed by atoms with E-state index in [4.69, 9.17) is 24.4 Å². The molecule has 2 N–H and O–H groups in total. The maximum Gasteiger partial charge on any atom is 0.220 e. The number of fused-ring (bicyclic) bond motifs is 5. The highest BCUT2D eigenvalue weighted by atomic mass is 16.5. The van der Waals surface area contributed by atoms with Crippen molar-refractivity contribution in [1.82, 2.24) is 0 Å². The first-order valence-electron chi connectivity index (χ1n) is 12.6. The number of nitrogens with zero attached hydrogens (tertiary/aromatic N) is 1. The smallest absolute Gasteiger partial charge is 0.220 e. The summed E-state index contributed by atoms with van der Waals surface area (Å²) in [6.07, 6.45) is 0.686. The molecule has 0 saturated heterocycles. The van der Waals surface area contributed by atoms with Gasteiger partial charge in [-0.25, -0.2) is 0 Å². The lowest BCUT2D eigenvalue weighted by Gasteiger charge is -2.25. The number of hydrogen-bond acceptors (Lipinski definition) is 7. The first-order chi connectivity index (χ1) is 19.6. The molecular formula is C33H21N3O4. The minimum atomic E-state index is -0.205. The molecular weight excluding hydrogens is 502 g/mol. The van der Waals surface area contributed by atoms with E-state index in [9.17, 15) is 4.79 Å². The Bertz CT molecular complexity index is 2110. The van der Waals surface area contributed by atoms with E-state index in [1.807, 2.05) is 54.6 Å². The summed E-state index contributed by atoms with van der Waals surface area (Å²) < 4.78 is 17.3. The topological polar surface area (TPSA) is 104 Å². The molecule has 7 heteroatoms. The van der Waals surface area contributed by atoms with Gasteiger partial charge in [-0.3, -0.25) is 15.6 Å². The fourth-order valence-electron chi connectivity index (χ4n) is 5.12. The molecule has 0 aliphatic heterocycles. The summed E-state index contributed by atoms with van der Waals surface area (Å²) >= 11 is 0. The molecule has 0 aliphatic rings. The van der Waals surface area contributed by atoms with E-state index in [2.05, 4.69) is 35.2 Å². The van der Waals surface area contributed by atoms with Crippen molar-refractivity contribution < 1.29 is 13.6 Å². The molecule has 0 saturated carbocycles. The predicted octanol–water partition coefficient (Wildman–Crippen LogP) is 8.26. The molecule has 0 aliphatic carbocycles. The summed E-state index contributed by atoms with van der Waals surface area (Å²) in [6, 6.07) is 34.7. The highest BCUT2D eigenvalue weighted by molar-refractivity contribution is 6.11. The number of rotatable bonds is 5. The zero-order chi connectivity index (χ0) is 27.2. The number of hydrogen-bond donors (Lipinski definition) is 2. The van der Waals surface area contributed by atoms with Gasteiger partial charge in [0.25, 0.3) is 0 Å². The molecule has 40 heavy (non-hydrogen) atoms. The average molecular weight is 524 g/mol. The van der Waals surface area contributed by atoms with Crippen LogP contribution in [0.15, 0.2) is 123 Å². The van der Waals surface area contributed by atoms with Crippen LogP contribution in [-0.2, 0) is 4.74 Å². The van der Waals surface area contributed by atoms with Gasteiger partial charge < -0.3 is 18.5 Å². The largest absolute Gasteiger partial charge is 0.456 e. The number of furan rings is 1. The third-order valence-corrected chi connectivity index (χ3v) is 6.97.